The number of benzene rings is 8. The molecule has 1 fully saturated rings. The summed E-state index contributed by atoms with van der Waals surface area (Å²) in [5.74, 6) is 0. The van der Waals surface area contributed by atoms with Crippen LogP contribution in [0.25, 0.3) is 80.7 Å². The average molecular weight is 753 g/mol. The van der Waals surface area contributed by atoms with Crippen LogP contribution in [0, 0.1) is 0 Å². The van der Waals surface area contributed by atoms with Gasteiger partial charge in [-0.3, -0.25) is 16.0 Å². The van der Waals surface area contributed by atoms with Crippen LogP contribution in [-0.4, -0.2) is 4.57 Å². The largest absolute Gasteiger partial charge is 0.456 e. The van der Waals surface area contributed by atoms with Crippen molar-refractivity contribution < 1.29 is 4.42 Å². The number of rotatable bonds is 5. The topological polar surface area (TPSA) is 54.2 Å². The van der Waals surface area contributed by atoms with Crippen LogP contribution in [0.15, 0.2) is 186 Å². The van der Waals surface area contributed by atoms with E-state index >= 15 is 0 Å². The first kappa shape index (κ1) is 32.7. The second-order valence-corrected chi connectivity index (χ2v) is 16.1. The van der Waals surface area contributed by atoms with Gasteiger partial charge in [0.05, 0.1) is 29.5 Å². The Labute approximate surface area is 332 Å². The highest BCUT2D eigenvalue weighted by Crippen LogP contribution is 2.42. The van der Waals surface area contributed by atoms with Crippen molar-refractivity contribution in [1.29, 1.82) is 0 Å². The van der Waals surface area contributed by atoms with Gasteiger partial charge in [0.2, 0.25) is 0 Å². The quantitative estimate of drug-likeness (QED) is 0.164. The number of fused-ring (bicyclic) bond motifs is 9. The van der Waals surface area contributed by atoms with E-state index in [1.54, 1.807) is 0 Å². The van der Waals surface area contributed by atoms with Crippen molar-refractivity contribution in [3.8, 4) is 16.8 Å². The molecule has 0 spiro atoms. The predicted octanol–water partition coefficient (Wildman–Crippen LogP) is 12.9. The molecule has 5 nitrogen and oxygen atoms in total. The molecule has 3 N–H and O–H groups in total. The summed E-state index contributed by atoms with van der Waals surface area (Å²) in [7, 11) is 0. The standard InChI is InChI=1S/C51H36N4OS/c1-3-12-31(13-4-1)49-52-50(32-14-5-2-6-15-32)54-51(53-49)34-22-25-40-45(29-34)56-44-21-11-18-36(48(40)44)33-23-27-46-41(28-33)39-26-24-35(30-47(39)57-46)55-42-19-9-7-16-37(42)38-17-8-10-20-43(38)55/h1-30,49-54H. The Bertz CT molecular complexity index is 3210. The molecule has 57 heavy (non-hydrogen) atoms. The monoisotopic (exact) mass is 752 g/mol. The third-order valence-electron chi connectivity index (χ3n) is 11.7. The maximum absolute atomic E-state index is 6.65. The number of para-hydroxylation sites is 2. The fourth-order valence-electron chi connectivity index (χ4n) is 9.05. The van der Waals surface area contributed by atoms with Crippen LogP contribution in [0.1, 0.15) is 35.2 Å². The molecule has 0 aliphatic carbocycles. The van der Waals surface area contributed by atoms with Crippen LogP contribution < -0.4 is 16.0 Å². The summed E-state index contributed by atoms with van der Waals surface area (Å²) in [4.78, 5) is 0. The molecule has 12 rings (SSSR count). The van der Waals surface area contributed by atoms with Gasteiger partial charge in [0.1, 0.15) is 11.2 Å². The lowest BCUT2D eigenvalue weighted by Crippen LogP contribution is -2.54. The molecule has 11 aromatic rings. The van der Waals surface area contributed by atoms with Gasteiger partial charge < -0.3 is 8.98 Å². The number of hydrogen-bond donors (Lipinski definition) is 3. The zero-order valence-electron chi connectivity index (χ0n) is 30.8. The maximum Gasteiger partial charge on any atom is 0.136 e. The summed E-state index contributed by atoms with van der Waals surface area (Å²) in [6.07, 6.45) is -0.184. The van der Waals surface area contributed by atoms with E-state index in [2.05, 4.69) is 203 Å². The van der Waals surface area contributed by atoms with Gasteiger partial charge in [-0.15, -0.1) is 11.3 Å². The number of thiophene rings is 1. The van der Waals surface area contributed by atoms with Crippen molar-refractivity contribution >= 4 is 75.3 Å². The van der Waals surface area contributed by atoms with E-state index in [0.717, 1.165) is 27.5 Å². The zero-order chi connectivity index (χ0) is 37.5. The molecule has 2 atom stereocenters. The van der Waals surface area contributed by atoms with Crippen LogP contribution in [0.4, 0.5) is 0 Å². The molecule has 3 aromatic heterocycles. The van der Waals surface area contributed by atoms with Crippen molar-refractivity contribution in [3.63, 3.8) is 0 Å². The first-order valence-corrected chi connectivity index (χ1v) is 20.3. The Hall–Kier alpha value is -6.54. The molecule has 0 radical (unpaired) electrons. The lowest BCUT2D eigenvalue weighted by molar-refractivity contribution is 0.203. The van der Waals surface area contributed by atoms with Gasteiger partial charge in [-0.2, -0.15) is 0 Å². The van der Waals surface area contributed by atoms with E-state index in [1.165, 1.54) is 69.9 Å². The van der Waals surface area contributed by atoms with Crippen molar-refractivity contribution in [2.45, 2.75) is 18.5 Å². The molecule has 1 aliphatic heterocycles. The Morgan fingerprint density at radius 1 is 0.421 bits per heavy atom. The molecule has 272 valence electrons. The summed E-state index contributed by atoms with van der Waals surface area (Å²) in [5.41, 5.74) is 11.3. The minimum atomic E-state index is -0.108. The van der Waals surface area contributed by atoms with Gasteiger partial charge >= 0.3 is 0 Å². The van der Waals surface area contributed by atoms with Crippen LogP contribution in [0.5, 0.6) is 0 Å². The Balaban J connectivity index is 0.925. The number of hydrogen-bond acceptors (Lipinski definition) is 5. The summed E-state index contributed by atoms with van der Waals surface area (Å²) >= 11 is 1.86. The minimum absolute atomic E-state index is 0.0380. The summed E-state index contributed by atoms with van der Waals surface area (Å²) in [5, 5.41) is 18.8. The second-order valence-electron chi connectivity index (χ2n) is 15.0. The fraction of sp³-hybridized carbons (Fsp3) is 0.0588. The van der Waals surface area contributed by atoms with Crippen LogP contribution in [0.2, 0.25) is 0 Å². The molecule has 0 bridgehead atoms. The molecule has 1 aliphatic rings. The third-order valence-corrected chi connectivity index (χ3v) is 12.9. The van der Waals surface area contributed by atoms with E-state index in [9.17, 15) is 0 Å². The average Bonchev–Trinajstić information content (AvgIpc) is 3.95. The lowest BCUT2D eigenvalue weighted by Gasteiger charge is -2.39. The van der Waals surface area contributed by atoms with Crippen LogP contribution in [-0.2, 0) is 0 Å². The lowest BCUT2D eigenvalue weighted by atomic mass is 9.97. The van der Waals surface area contributed by atoms with E-state index in [0.29, 0.717) is 0 Å². The van der Waals surface area contributed by atoms with Gasteiger partial charge in [-0.25, -0.2) is 0 Å². The molecule has 0 saturated carbocycles. The van der Waals surface area contributed by atoms with Crippen molar-refractivity contribution in [2.24, 2.45) is 0 Å². The summed E-state index contributed by atoms with van der Waals surface area (Å²) in [6.45, 7) is 0. The van der Waals surface area contributed by atoms with Gasteiger partial charge in [0.15, 0.2) is 0 Å². The first-order chi connectivity index (χ1) is 28.2. The molecule has 6 heteroatoms. The zero-order valence-corrected chi connectivity index (χ0v) is 31.6. The van der Waals surface area contributed by atoms with Crippen molar-refractivity contribution in [2.75, 3.05) is 0 Å². The smallest absolute Gasteiger partial charge is 0.136 e. The van der Waals surface area contributed by atoms with Crippen LogP contribution in [0.3, 0.4) is 0 Å². The minimum Gasteiger partial charge on any atom is -0.456 e. The molecule has 8 aromatic carbocycles. The van der Waals surface area contributed by atoms with E-state index < -0.39 is 0 Å². The van der Waals surface area contributed by atoms with Gasteiger partial charge in [-0.05, 0) is 76.3 Å². The SMILES string of the molecule is c1ccc(C2NC(c3ccccc3)NC(c3ccc4c(c3)oc3cccc(-c5ccc6sc7cc(-n8c9ccccc9c9ccccc98)ccc7c6c5)c34)N2)cc1. The number of nitrogens with one attached hydrogen (secondary N) is 3. The highest BCUT2D eigenvalue weighted by Gasteiger charge is 2.30. The molecule has 4 heterocycles. The Morgan fingerprint density at radius 2 is 1.05 bits per heavy atom. The van der Waals surface area contributed by atoms with Crippen LogP contribution >= 0.6 is 11.3 Å². The number of nitrogens with zero attached hydrogens (tertiary/aromatic N) is 1. The number of aromatic nitrogens is 1. The highest BCUT2D eigenvalue weighted by molar-refractivity contribution is 7.25. The van der Waals surface area contributed by atoms with Crippen molar-refractivity contribution in [1.82, 2.24) is 20.5 Å². The van der Waals surface area contributed by atoms with E-state index in [4.69, 9.17) is 4.42 Å². The molecule has 1 saturated heterocycles. The maximum atomic E-state index is 6.65. The van der Waals surface area contributed by atoms with E-state index in [-0.39, 0.29) is 18.5 Å². The Kier molecular flexibility index (Phi) is 7.46. The Morgan fingerprint density at radius 3 is 1.75 bits per heavy atom. The predicted molar refractivity (Wildman–Crippen MR) is 237 cm³/mol. The van der Waals surface area contributed by atoms with Gasteiger partial charge in [0, 0.05) is 47.4 Å². The normalized spacial score (nSPS) is 17.4. The molecular formula is C51H36N4OS. The second kappa shape index (κ2) is 13.0. The molecule has 2 unspecified atom stereocenters. The molecule has 0 amide bonds. The van der Waals surface area contributed by atoms with Gasteiger partial charge in [0.25, 0.3) is 0 Å². The fourth-order valence-corrected chi connectivity index (χ4v) is 10.2. The van der Waals surface area contributed by atoms with E-state index in [1.807, 2.05) is 11.3 Å². The third kappa shape index (κ3) is 5.34. The first-order valence-electron chi connectivity index (χ1n) is 19.5. The summed E-state index contributed by atoms with van der Waals surface area (Å²) in [6, 6.07) is 65.5. The van der Waals surface area contributed by atoms with Gasteiger partial charge in [-0.1, -0.05) is 133 Å². The van der Waals surface area contributed by atoms with Crippen molar-refractivity contribution in [3.05, 3.63) is 199 Å². The number of furan rings is 1. The highest BCUT2D eigenvalue weighted by atomic mass is 32.1. The molecular weight excluding hydrogens is 717 g/mol. The summed E-state index contributed by atoms with van der Waals surface area (Å²) < 4.78 is 11.6.